The van der Waals surface area contributed by atoms with Gasteiger partial charge < -0.3 is 14.7 Å². The second-order valence-electron chi connectivity index (χ2n) is 6.46. The van der Waals surface area contributed by atoms with E-state index in [1.165, 1.54) is 0 Å². The van der Waals surface area contributed by atoms with Crippen molar-refractivity contribution >= 4 is 23.6 Å². The summed E-state index contributed by atoms with van der Waals surface area (Å²) in [6.45, 7) is 4.91. The number of carbonyl (C=O) groups excluding carboxylic acids is 2. The molecule has 0 saturated carbocycles. The van der Waals surface area contributed by atoms with Crippen LogP contribution in [0.1, 0.15) is 21.8 Å². The molecule has 1 saturated heterocycles. The van der Waals surface area contributed by atoms with Crippen molar-refractivity contribution < 1.29 is 14.1 Å². The van der Waals surface area contributed by atoms with Crippen molar-refractivity contribution in [3.05, 3.63) is 47.3 Å². The van der Waals surface area contributed by atoms with Gasteiger partial charge in [0, 0.05) is 44.2 Å². The molecule has 27 heavy (non-hydrogen) atoms. The summed E-state index contributed by atoms with van der Waals surface area (Å²) in [6.07, 6.45) is 0. The molecular formula is C19H24N4O3S. The maximum absolute atomic E-state index is 13.0. The van der Waals surface area contributed by atoms with Crippen LogP contribution in [0.2, 0.25) is 0 Å². The molecule has 0 unspecified atom stereocenters. The Morgan fingerprint density at radius 3 is 2.63 bits per heavy atom. The molecule has 1 aromatic heterocycles. The van der Waals surface area contributed by atoms with E-state index in [2.05, 4.69) is 15.4 Å². The number of carbonyl (C=O) groups is 2. The van der Waals surface area contributed by atoms with E-state index in [1.54, 1.807) is 18.8 Å². The fourth-order valence-electron chi connectivity index (χ4n) is 2.96. The normalized spacial score (nSPS) is 15.0. The first-order valence-corrected chi connectivity index (χ1v) is 9.91. The maximum atomic E-state index is 13.0. The smallest absolute Gasteiger partial charge is 0.255 e. The number of thioether (sulfide) groups is 1. The molecular weight excluding hydrogens is 364 g/mol. The lowest BCUT2D eigenvalue weighted by atomic mass is 10.2. The summed E-state index contributed by atoms with van der Waals surface area (Å²) in [7, 11) is 1.64. The fourth-order valence-corrected chi connectivity index (χ4v) is 3.88. The van der Waals surface area contributed by atoms with Gasteiger partial charge in [-0.3, -0.25) is 14.5 Å². The first-order valence-electron chi connectivity index (χ1n) is 8.93. The molecule has 3 rings (SSSR count). The van der Waals surface area contributed by atoms with Crippen molar-refractivity contribution in [3.8, 4) is 0 Å². The molecule has 0 bridgehead atoms. The highest BCUT2D eigenvalue weighted by Crippen LogP contribution is 2.27. The minimum absolute atomic E-state index is 0.000764. The Kier molecular flexibility index (Phi) is 6.52. The molecule has 7 nitrogen and oxygen atoms in total. The standard InChI is InChI=1S/C19H24N4O3S/c1-14-11-15(26-21-14)13-27-17-6-4-3-5-16(17)19(25)23-9-7-22(8-10-23)12-18(24)20-2/h3-6,11H,7-10,12-13H2,1-2H3,(H,20,24). The lowest BCUT2D eigenvalue weighted by Crippen LogP contribution is -2.50. The van der Waals surface area contributed by atoms with Crippen molar-refractivity contribution in [2.45, 2.75) is 17.6 Å². The highest BCUT2D eigenvalue weighted by molar-refractivity contribution is 7.98. The molecule has 2 amide bonds. The van der Waals surface area contributed by atoms with Crippen molar-refractivity contribution in [3.63, 3.8) is 0 Å². The predicted molar refractivity (Wildman–Crippen MR) is 104 cm³/mol. The number of likely N-dealkylation sites (N-methyl/N-ethyl adjacent to an activating group) is 1. The van der Waals surface area contributed by atoms with E-state index in [-0.39, 0.29) is 11.8 Å². The van der Waals surface area contributed by atoms with Gasteiger partial charge >= 0.3 is 0 Å². The van der Waals surface area contributed by atoms with Crippen LogP contribution in [-0.4, -0.2) is 66.5 Å². The number of aromatic nitrogens is 1. The average molecular weight is 388 g/mol. The first kappa shape index (κ1) is 19.4. The van der Waals surface area contributed by atoms with Crippen LogP contribution in [0.3, 0.4) is 0 Å². The van der Waals surface area contributed by atoms with E-state index in [9.17, 15) is 9.59 Å². The molecule has 144 valence electrons. The van der Waals surface area contributed by atoms with Crippen LogP contribution in [0.25, 0.3) is 0 Å². The molecule has 0 aliphatic carbocycles. The third kappa shape index (κ3) is 5.11. The van der Waals surface area contributed by atoms with Crippen molar-refractivity contribution in [1.29, 1.82) is 0 Å². The maximum Gasteiger partial charge on any atom is 0.255 e. The van der Waals surface area contributed by atoms with E-state index in [0.717, 1.165) is 16.3 Å². The fraction of sp³-hybridized carbons (Fsp3) is 0.421. The summed E-state index contributed by atoms with van der Waals surface area (Å²) in [5.41, 5.74) is 1.56. The molecule has 1 aliphatic heterocycles. The van der Waals surface area contributed by atoms with E-state index < -0.39 is 0 Å². The van der Waals surface area contributed by atoms with Crippen LogP contribution < -0.4 is 5.32 Å². The average Bonchev–Trinajstić information content (AvgIpc) is 3.12. The zero-order valence-electron chi connectivity index (χ0n) is 15.6. The Balaban J connectivity index is 1.61. The summed E-state index contributed by atoms with van der Waals surface area (Å²) in [6, 6.07) is 9.56. The van der Waals surface area contributed by atoms with Gasteiger partial charge in [-0.1, -0.05) is 17.3 Å². The second kappa shape index (κ2) is 9.05. The molecule has 1 fully saturated rings. The quantitative estimate of drug-likeness (QED) is 0.760. The Morgan fingerprint density at radius 2 is 1.96 bits per heavy atom. The number of amides is 2. The second-order valence-corrected chi connectivity index (χ2v) is 7.48. The van der Waals surface area contributed by atoms with Gasteiger partial charge in [-0.05, 0) is 19.1 Å². The van der Waals surface area contributed by atoms with E-state index in [1.807, 2.05) is 42.2 Å². The van der Waals surface area contributed by atoms with Gasteiger partial charge in [-0.25, -0.2) is 0 Å². The molecule has 2 heterocycles. The predicted octanol–water partition coefficient (Wildman–Crippen LogP) is 1.78. The van der Waals surface area contributed by atoms with Crippen molar-refractivity contribution in [2.75, 3.05) is 39.8 Å². The molecule has 0 spiro atoms. The molecule has 1 aromatic carbocycles. The van der Waals surface area contributed by atoms with Gasteiger partial charge in [0.15, 0.2) is 0 Å². The van der Waals surface area contributed by atoms with Crippen LogP contribution in [0.15, 0.2) is 39.8 Å². The van der Waals surface area contributed by atoms with Gasteiger partial charge in [0.1, 0.15) is 5.76 Å². The molecule has 8 heteroatoms. The molecule has 2 aromatic rings. The largest absolute Gasteiger partial charge is 0.360 e. The van der Waals surface area contributed by atoms with Gasteiger partial charge in [0.2, 0.25) is 5.91 Å². The summed E-state index contributed by atoms with van der Waals surface area (Å²) < 4.78 is 5.25. The number of rotatable bonds is 6. The van der Waals surface area contributed by atoms with Crippen LogP contribution in [0.5, 0.6) is 0 Å². The molecule has 1 N–H and O–H groups in total. The lowest BCUT2D eigenvalue weighted by Gasteiger charge is -2.34. The van der Waals surface area contributed by atoms with Crippen molar-refractivity contribution in [1.82, 2.24) is 20.3 Å². The monoisotopic (exact) mass is 388 g/mol. The van der Waals surface area contributed by atoms with Gasteiger partial charge in [-0.2, -0.15) is 0 Å². The Bertz CT molecular complexity index is 800. The highest BCUT2D eigenvalue weighted by atomic mass is 32.2. The Hall–Kier alpha value is -2.32. The Morgan fingerprint density at radius 1 is 1.22 bits per heavy atom. The van der Waals surface area contributed by atoms with Crippen molar-refractivity contribution in [2.24, 2.45) is 0 Å². The highest BCUT2D eigenvalue weighted by Gasteiger charge is 2.24. The van der Waals surface area contributed by atoms with E-state index in [4.69, 9.17) is 4.52 Å². The topological polar surface area (TPSA) is 78.7 Å². The van der Waals surface area contributed by atoms with Crippen LogP contribution in [-0.2, 0) is 10.5 Å². The number of nitrogens with zero attached hydrogens (tertiary/aromatic N) is 3. The zero-order chi connectivity index (χ0) is 19.2. The molecule has 0 radical (unpaired) electrons. The number of nitrogens with one attached hydrogen (secondary N) is 1. The third-order valence-corrected chi connectivity index (χ3v) is 5.57. The van der Waals surface area contributed by atoms with E-state index >= 15 is 0 Å². The SMILES string of the molecule is CNC(=O)CN1CCN(C(=O)c2ccccc2SCc2cc(C)no2)CC1. The minimum atomic E-state index is -0.000764. The summed E-state index contributed by atoms with van der Waals surface area (Å²) >= 11 is 1.57. The van der Waals surface area contributed by atoms with Crippen LogP contribution in [0.4, 0.5) is 0 Å². The van der Waals surface area contributed by atoms with Crippen LogP contribution in [0, 0.1) is 6.92 Å². The number of hydrogen-bond donors (Lipinski definition) is 1. The Labute approximate surface area is 163 Å². The minimum Gasteiger partial charge on any atom is -0.360 e. The molecule has 0 atom stereocenters. The number of benzene rings is 1. The van der Waals surface area contributed by atoms with Gasteiger partial charge in [0.25, 0.3) is 5.91 Å². The summed E-state index contributed by atoms with van der Waals surface area (Å²) in [5, 5.41) is 6.53. The first-order chi connectivity index (χ1) is 13.1. The van der Waals surface area contributed by atoms with Crippen LogP contribution >= 0.6 is 11.8 Å². The molecule has 1 aliphatic rings. The number of aryl methyl sites for hydroxylation is 1. The van der Waals surface area contributed by atoms with E-state index in [0.29, 0.717) is 44.0 Å². The van der Waals surface area contributed by atoms with Gasteiger partial charge in [0.05, 0.1) is 23.6 Å². The summed E-state index contributed by atoms with van der Waals surface area (Å²) in [5.74, 6) is 1.46. The number of piperazine rings is 1. The zero-order valence-corrected chi connectivity index (χ0v) is 16.4. The summed E-state index contributed by atoms with van der Waals surface area (Å²) in [4.78, 5) is 29.4. The number of hydrogen-bond acceptors (Lipinski definition) is 6. The van der Waals surface area contributed by atoms with Gasteiger partial charge in [-0.15, -0.1) is 11.8 Å². The third-order valence-electron chi connectivity index (χ3n) is 4.47. The lowest BCUT2D eigenvalue weighted by molar-refractivity contribution is -0.122.